The van der Waals surface area contributed by atoms with Crippen molar-refractivity contribution < 1.29 is 18.1 Å². The predicted molar refractivity (Wildman–Crippen MR) is 86.7 cm³/mol. The predicted octanol–water partition coefficient (Wildman–Crippen LogP) is 3.38. The maximum Gasteiger partial charge on any atom is 0.254 e. The minimum Gasteiger partial charge on any atom is -0.349 e. The molecule has 3 rings (SSSR count). The summed E-state index contributed by atoms with van der Waals surface area (Å²) < 4.78 is 32.0. The third-order valence-electron chi connectivity index (χ3n) is 3.55. The number of hydrogen-bond acceptors (Lipinski definition) is 4. The van der Waals surface area contributed by atoms with Gasteiger partial charge in [0, 0.05) is 18.0 Å². The lowest BCUT2D eigenvalue weighted by molar-refractivity contribution is 0.0933. The average Bonchev–Trinajstić information content (AvgIpc) is 3.06. The van der Waals surface area contributed by atoms with Gasteiger partial charge in [0.05, 0.1) is 5.56 Å². The highest BCUT2D eigenvalue weighted by molar-refractivity contribution is 5.94. The number of amides is 1. The van der Waals surface area contributed by atoms with Crippen LogP contribution < -0.4 is 5.32 Å². The molecule has 128 valence electrons. The molecule has 0 spiro atoms. The van der Waals surface area contributed by atoms with Crippen molar-refractivity contribution in [3.63, 3.8) is 0 Å². The fraction of sp³-hybridized carbons (Fsp3) is 0.167. The molecule has 1 heterocycles. The van der Waals surface area contributed by atoms with E-state index in [9.17, 15) is 13.6 Å². The van der Waals surface area contributed by atoms with Gasteiger partial charge in [0.1, 0.15) is 0 Å². The molecule has 1 amide bonds. The molecule has 1 aromatic heterocycles. The molecule has 0 aliphatic heterocycles. The Morgan fingerprint density at radius 1 is 1.16 bits per heavy atom. The van der Waals surface area contributed by atoms with Crippen LogP contribution >= 0.6 is 0 Å². The molecule has 0 bridgehead atoms. The SMILES string of the molecule is CC(Cc1nc(-c2ccccc2)no1)NC(=O)c1cccc(F)c1F. The fourth-order valence-corrected chi connectivity index (χ4v) is 2.34. The van der Waals surface area contributed by atoms with Crippen molar-refractivity contribution in [3.8, 4) is 11.4 Å². The minimum absolute atomic E-state index is 0.266. The number of hydrogen-bond donors (Lipinski definition) is 1. The van der Waals surface area contributed by atoms with Crippen LogP contribution in [0.5, 0.6) is 0 Å². The van der Waals surface area contributed by atoms with E-state index in [2.05, 4.69) is 15.5 Å². The second-order valence-corrected chi connectivity index (χ2v) is 5.56. The second kappa shape index (κ2) is 7.21. The Bertz CT molecular complexity index is 881. The summed E-state index contributed by atoms with van der Waals surface area (Å²) in [4.78, 5) is 16.3. The average molecular weight is 343 g/mol. The third kappa shape index (κ3) is 3.88. The smallest absolute Gasteiger partial charge is 0.254 e. The standard InChI is InChI=1S/C18H15F2N3O2/c1-11(21-18(24)13-8-5-9-14(19)16(13)20)10-15-22-17(23-25-15)12-6-3-2-4-7-12/h2-9,11H,10H2,1H3,(H,21,24). The van der Waals surface area contributed by atoms with Crippen LogP contribution in [0.1, 0.15) is 23.2 Å². The molecule has 7 heteroatoms. The summed E-state index contributed by atoms with van der Waals surface area (Å²) in [7, 11) is 0. The lowest BCUT2D eigenvalue weighted by Crippen LogP contribution is -2.34. The molecule has 0 radical (unpaired) electrons. The molecule has 0 fully saturated rings. The number of nitrogens with one attached hydrogen (secondary N) is 1. The highest BCUT2D eigenvalue weighted by Gasteiger charge is 2.18. The summed E-state index contributed by atoms with van der Waals surface area (Å²) in [6, 6.07) is 12.4. The van der Waals surface area contributed by atoms with Crippen molar-refractivity contribution in [2.45, 2.75) is 19.4 Å². The fourth-order valence-electron chi connectivity index (χ4n) is 2.34. The lowest BCUT2D eigenvalue weighted by atomic mass is 10.1. The molecule has 0 aliphatic carbocycles. The minimum atomic E-state index is -1.17. The first-order valence-electron chi connectivity index (χ1n) is 7.67. The topological polar surface area (TPSA) is 68.0 Å². The van der Waals surface area contributed by atoms with Crippen molar-refractivity contribution in [2.75, 3.05) is 0 Å². The summed E-state index contributed by atoms with van der Waals surface area (Å²) in [6.45, 7) is 1.71. The number of benzene rings is 2. The zero-order valence-electron chi connectivity index (χ0n) is 13.4. The van der Waals surface area contributed by atoms with E-state index < -0.39 is 23.6 Å². The highest BCUT2D eigenvalue weighted by Crippen LogP contribution is 2.16. The van der Waals surface area contributed by atoms with Crippen molar-refractivity contribution in [3.05, 3.63) is 71.6 Å². The number of nitrogens with zero attached hydrogens (tertiary/aromatic N) is 2. The van der Waals surface area contributed by atoms with E-state index in [1.165, 1.54) is 12.1 Å². The Balaban J connectivity index is 1.65. The maximum atomic E-state index is 13.6. The molecule has 0 saturated carbocycles. The Hall–Kier alpha value is -3.09. The molecule has 1 unspecified atom stereocenters. The molecule has 25 heavy (non-hydrogen) atoms. The van der Waals surface area contributed by atoms with E-state index in [-0.39, 0.29) is 12.0 Å². The van der Waals surface area contributed by atoms with Gasteiger partial charge < -0.3 is 9.84 Å². The number of halogens is 2. The number of carbonyl (C=O) groups excluding carboxylic acids is 1. The zero-order valence-corrected chi connectivity index (χ0v) is 13.4. The van der Waals surface area contributed by atoms with Crippen LogP contribution in [0, 0.1) is 11.6 Å². The summed E-state index contributed by atoms with van der Waals surface area (Å²) >= 11 is 0. The third-order valence-corrected chi connectivity index (χ3v) is 3.55. The van der Waals surface area contributed by atoms with Gasteiger partial charge in [0.25, 0.3) is 5.91 Å². The van der Waals surface area contributed by atoms with Crippen LogP contribution in [0.4, 0.5) is 8.78 Å². The Morgan fingerprint density at radius 2 is 1.92 bits per heavy atom. The lowest BCUT2D eigenvalue weighted by Gasteiger charge is -2.12. The van der Waals surface area contributed by atoms with E-state index in [0.717, 1.165) is 11.6 Å². The van der Waals surface area contributed by atoms with Crippen molar-refractivity contribution in [1.82, 2.24) is 15.5 Å². The van der Waals surface area contributed by atoms with Crippen LogP contribution in [0.15, 0.2) is 53.1 Å². The van der Waals surface area contributed by atoms with Crippen molar-refractivity contribution >= 4 is 5.91 Å². The molecule has 0 aliphatic rings. The van der Waals surface area contributed by atoms with Crippen LogP contribution in [0.2, 0.25) is 0 Å². The first kappa shape index (κ1) is 16.8. The molecular formula is C18H15F2N3O2. The Labute approximate surface area is 142 Å². The van der Waals surface area contributed by atoms with Gasteiger partial charge in [-0.15, -0.1) is 0 Å². The monoisotopic (exact) mass is 343 g/mol. The van der Waals surface area contributed by atoms with Gasteiger partial charge in [-0.2, -0.15) is 4.98 Å². The first-order chi connectivity index (χ1) is 12.0. The van der Waals surface area contributed by atoms with Crippen LogP contribution in [-0.2, 0) is 6.42 Å². The molecular weight excluding hydrogens is 328 g/mol. The Morgan fingerprint density at radius 3 is 2.68 bits per heavy atom. The first-order valence-corrected chi connectivity index (χ1v) is 7.67. The largest absolute Gasteiger partial charge is 0.349 e. The van der Waals surface area contributed by atoms with Gasteiger partial charge in [-0.05, 0) is 19.1 Å². The normalized spacial score (nSPS) is 12.0. The van der Waals surface area contributed by atoms with Crippen LogP contribution in [-0.4, -0.2) is 22.1 Å². The van der Waals surface area contributed by atoms with Gasteiger partial charge in [0.2, 0.25) is 11.7 Å². The molecule has 0 saturated heterocycles. The van der Waals surface area contributed by atoms with E-state index in [0.29, 0.717) is 11.7 Å². The maximum absolute atomic E-state index is 13.6. The second-order valence-electron chi connectivity index (χ2n) is 5.56. The van der Waals surface area contributed by atoms with Crippen molar-refractivity contribution in [2.24, 2.45) is 0 Å². The van der Waals surface area contributed by atoms with Gasteiger partial charge in [-0.3, -0.25) is 4.79 Å². The van der Waals surface area contributed by atoms with E-state index >= 15 is 0 Å². The molecule has 1 N–H and O–H groups in total. The van der Waals surface area contributed by atoms with Gasteiger partial charge >= 0.3 is 0 Å². The number of aromatic nitrogens is 2. The van der Waals surface area contributed by atoms with E-state index in [1.807, 2.05) is 30.3 Å². The van der Waals surface area contributed by atoms with Gasteiger partial charge in [-0.25, -0.2) is 8.78 Å². The van der Waals surface area contributed by atoms with Crippen LogP contribution in [0.25, 0.3) is 11.4 Å². The molecule has 2 aromatic carbocycles. The van der Waals surface area contributed by atoms with Gasteiger partial charge in [0.15, 0.2) is 11.6 Å². The summed E-state index contributed by atoms with van der Waals surface area (Å²) in [6.07, 6.45) is 0.266. The zero-order chi connectivity index (χ0) is 17.8. The van der Waals surface area contributed by atoms with E-state index in [1.54, 1.807) is 6.92 Å². The summed E-state index contributed by atoms with van der Waals surface area (Å²) in [5.74, 6) is -2.15. The van der Waals surface area contributed by atoms with Gasteiger partial charge in [-0.1, -0.05) is 41.6 Å². The molecule has 1 atom stereocenters. The van der Waals surface area contributed by atoms with Crippen LogP contribution in [0.3, 0.4) is 0 Å². The van der Waals surface area contributed by atoms with Crippen molar-refractivity contribution in [1.29, 1.82) is 0 Å². The highest BCUT2D eigenvalue weighted by atomic mass is 19.2. The molecule has 5 nitrogen and oxygen atoms in total. The number of carbonyl (C=O) groups is 1. The Kier molecular flexibility index (Phi) is 4.83. The summed E-state index contributed by atoms with van der Waals surface area (Å²) in [5.41, 5.74) is 0.471. The quantitative estimate of drug-likeness (QED) is 0.771. The molecule has 3 aromatic rings. The number of rotatable bonds is 5. The van der Waals surface area contributed by atoms with E-state index in [4.69, 9.17) is 4.52 Å². The summed E-state index contributed by atoms with van der Waals surface area (Å²) in [5, 5.41) is 6.48.